The molecule has 20 heavy (non-hydrogen) atoms. The van der Waals surface area contributed by atoms with E-state index in [1.807, 2.05) is 6.92 Å². The van der Waals surface area contributed by atoms with Crippen LogP contribution in [0, 0.1) is 6.92 Å². The molecule has 3 aromatic rings. The highest BCUT2D eigenvalue weighted by molar-refractivity contribution is 6.13. The lowest BCUT2D eigenvalue weighted by atomic mass is 10.0. The zero-order valence-corrected chi connectivity index (χ0v) is 10.6. The van der Waals surface area contributed by atoms with Gasteiger partial charge in [0.15, 0.2) is 0 Å². The number of nitrogens with two attached hydrogens (primary N) is 1. The third-order valence-electron chi connectivity index (χ3n) is 2.98. The number of carbonyl (C=O) groups is 1. The number of benzene rings is 1. The molecule has 0 bridgehead atoms. The number of ketones is 1. The maximum Gasteiger partial charge on any atom is 0.254 e. The normalized spacial score (nSPS) is 10.8. The summed E-state index contributed by atoms with van der Waals surface area (Å²) < 4.78 is 1.28. The van der Waals surface area contributed by atoms with Crippen molar-refractivity contribution in [1.82, 2.24) is 19.6 Å². The molecule has 7 heteroatoms. The third-order valence-corrected chi connectivity index (χ3v) is 2.98. The maximum atomic E-state index is 12.5. The van der Waals surface area contributed by atoms with Crippen LogP contribution in [0.2, 0.25) is 0 Å². The van der Waals surface area contributed by atoms with E-state index < -0.39 is 5.78 Å². The van der Waals surface area contributed by atoms with E-state index in [1.165, 1.54) is 23.1 Å². The predicted molar refractivity (Wildman–Crippen MR) is 71.5 cm³/mol. The molecule has 0 aliphatic heterocycles. The molecule has 2 aromatic heterocycles. The number of hydrogen-bond donors (Lipinski definition) is 2. The Kier molecular flexibility index (Phi) is 2.60. The molecular formula is C13H11N5O2. The van der Waals surface area contributed by atoms with Gasteiger partial charge in [-0.05, 0) is 19.1 Å². The van der Waals surface area contributed by atoms with Crippen LogP contribution in [0.4, 0.5) is 5.82 Å². The van der Waals surface area contributed by atoms with Crippen LogP contribution in [-0.4, -0.2) is 30.5 Å². The molecule has 2 heterocycles. The fraction of sp³-hybridized carbons (Fsp3) is 0.0769. The summed E-state index contributed by atoms with van der Waals surface area (Å²) >= 11 is 0. The largest absolute Gasteiger partial charge is 0.507 e. The number of fused-ring (bicyclic) bond motifs is 1. The van der Waals surface area contributed by atoms with Gasteiger partial charge in [0.25, 0.3) is 5.78 Å². The van der Waals surface area contributed by atoms with E-state index >= 15 is 0 Å². The van der Waals surface area contributed by atoms with Crippen LogP contribution in [0.3, 0.4) is 0 Å². The molecule has 0 amide bonds. The lowest BCUT2D eigenvalue weighted by Gasteiger charge is -2.07. The minimum atomic E-state index is -0.409. The monoisotopic (exact) mass is 269 g/mol. The first kappa shape index (κ1) is 12.1. The van der Waals surface area contributed by atoms with Crippen LogP contribution in [0.15, 0.2) is 30.7 Å². The molecular weight excluding hydrogens is 258 g/mol. The fourth-order valence-electron chi connectivity index (χ4n) is 1.95. The van der Waals surface area contributed by atoms with Crippen LogP contribution < -0.4 is 5.73 Å². The first-order valence-electron chi connectivity index (χ1n) is 5.86. The van der Waals surface area contributed by atoms with Gasteiger partial charge in [-0.3, -0.25) is 4.79 Å². The molecule has 0 aliphatic rings. The van der Waals surface area contributed by atoms with Crippen molar-refractivity contribution in [2.24, 2.45) is 0 Å². The van der Waals surface area contributed by atoms with E-state index in [-0.39, 0.29) is 22.7 Å². The van der Waals surface area contributed by atoms with Gasteiger partial charge in [-0.1, -0.05) is 11.6 Å². The van der Waals surface area contributed by atoms with Crippen LogP contribution >= 0.6 is 0 Å². The molecule has 1 aromatic carbocycles. The second kappa shape index (κ2) is 4.30. The van der Waals surface area contributed by atoms with Gasteiger partial charge in [0.1, 0.15) is 17.9 Å². The van der Waals surface area contributed by atoms with Gasteiger partial charge in [0.05, 0.1) is 11.1 Å². The first-order valence-corrected chi connectivity index (χ1v) is 5.86. The minimum absolute atomic E-state index is 0.0984. The smallest absolute Gasteiger partial charge is 0.254 e. The topological polar surface area (TPSA) is 106 Å². The van der Waals surface area contributed by atoms with E-state index in [0.717, 1.165) is 5.56 Å². The average molecular weight is 269 g/mol. The van der Waals surface area contributed by atoms with Crippen LogP contribution in [0.1, 0.15) is 21.5 Å². The van der Waals surface area contributed by atoms with Gasteiger partial charge < -0.3 is 10.8 Å². The zero-order valence-electron chi connectivity index (χ0n) is 10.6. The van der Waals surface area contributed by atoms with Crippen molar-refractivity contribution in [2.75, 3.05) is 5.73 Å². The summed E-state index contributed by atoms with van der Waals surface area (Å²) in [6, 6.07) is 4.79. The predicted octanol–water partition coefficient (Wildman–Crippen LogP) is 0.952. The summed E-state index contributed by atoms with van der Waals surface area (Å²) in [6.07, 6.45) is 2.64. The van der Waals surface area contributed by atoms with E-state index in [1.54, 1.807) is 12.1 Å². The molecule has 0 fully saturated rings. The molecule has 3 rings (SSSR count). The molecule has 0 aliphatic carbocycles. The number of phenolic OH excluding ortho intramolecular Hbond substituents is 1. The number of aromatic nitrogens is 4. The zero-order chi connectivity index (χ0) is 14.3. The van der Waals surface area contributed by atoms with Gasteiger partial charge in [0.2, 0.25) is 5.78 Å². The molecule has 100 valence electrons. The molecule has 7 nitrogen and oxygen atoms in total. The number of phenols is 1. The summed E-state index contributed by atoms with van der Waals surface area (Å²) in [5.74, 6) is -0.0572. The van der Waals surface area contributed by atoms with Gasteiger partial charge >= 0.3 is 0 Å². The second-order valence-corrected chi connectivity index (χ2v) is 4.38. The van der Waals surface area contributed by atoms with Gasteiger partial charge in [-0.15, -0.1) is 0 Å². The molecule has 0 saturated carbocycles. The number of hydrogen-bond acceptors (Lipinski definition) is 6. The van der Waals surface area contributed by atoms with E-state index in [2.05, 4.69) is 15.1 Å². The van der Waals surface area contributed by atoms with E-state index in [4.69, 9.17) is 5.73 Å². The summed E-state index contributed by atoms with van der Waals surface area (Å²) in [6.45, 7) is 1.83. The Balaban J connectivity index is 2.17. The fourth-order valence-corrected chi connectivity index (χ4v) is 1.95. The van der Waals surface area contributed by atoms with Crippen molar-refractivity contribution in [1.29, 1.82) is 0 Å². The lowest BCUT2D eigenvalue weighted by molar-refractivity contribution is 0.103. The van der Waals surface area contributed by atoms with Crippen LogP contribution in [-0.2, 0) is 0 Å². The van der Waals surface area contributed by atoms with Gasteiger partial charge in [0, 0.05) is 6.20 Å². The molecule has 3 N–H and O–H groups in total. The Morgan fingerprint density at radius 3 is 2.90 bits per heavy atom. The number of nitrogen functional groups attached to an aromatic ring is 1. The quantitative estimate of drug-likeness (QED) is 0.671. The summed E-state index contributed by atoms with van der Waals surface area (Å²) in [7, 11) is 0. The number of aromatic hydroxyl groups is 1. The minimum Gasteiger partial charge on any atom is -0.507 e. The lowest BCUT2D eigenvalue weighted by Crippen LogP contribution is -2.11. The molecule has 0 radical (unpaired) electrons. The van der Waals surface area contributed by atoms with Crippen molar-refractivity contribution >= 4 is 17.4 Å². The molecule has 0 saturated heterocycles. The Labute approximate surface area is 113 Å². The van der Waals surface area contributed by atoms with E-state index in [9.17, 15) is 9.90 Å². The van der Waals surface area contributed by atoms with Crippen molar-refractivity contribution in [3.05, 3.63) is 47.4 Å². The number of anilines is 1. The van der Waals surface area contributed by atoms with Gasteiger partial charge in [-0.2, -0.15) is 14.6 Å². The Hall–Kier alpha value is -2.96. The Bertz CT molecular complexity index is 825. The number of carbonyl (C=O) groups excluding carboxylic acids is 1. The van der Waals surface area contributed by atoms with Gasteiger partial charge in [-0.25, -0.2) is 4.98 Å². The van der Waals surface area contributed by atoms with Crippen molar-refractivity contribution in [3.63, 3.8) is 0 Å². The van der Waals surface area contributed by atoms with E-state index in [0.29, 0.717) is 5.78 Å². The second-order valence-electron chi connectivity index (χ2n) is 4.38. The van der Waals surface area contributed by atoms with Crippen molar-refractivity contribution in [2.45, 2.75) is 6.92 Å². The Morgan fingerprint density at radius 1 is 1.30 bits per heavy atom. The highest BCUT2D eigenvalue weighted by Gasteiger charge is 2.19. The SMILES string of the molecule is Cc1ccc(O)c(C(=O)c2cnc3ncnn3c2N)c1. The number of rotatable bonds is 2. The highest BCUT2D eigenvalue weighted by atomic mass is 16.3. The van der Waals surface area contributed by atoms with Crippen LogP contribution in [0.25, 0.3) is 5.78 Å². The summed E-state index contributed by atoms with van der Waals surface area (Å²) in [5.41, 5.74) is 7.12. The van der Waals surface area contributed by atoms with Crippen LogP contribution in [0.5, 0.6) is 5.75 Å². The summed E-state index contributed by atoms with van der Waals surface area (Å²) in [5, 5.41) is 13.7. The first-order chi connectivity index (χ1) is 9.58. The molecule has 0 unspecified atom stereocenters. The standard InChI is InChI=1S/C13H11N5O2/c1-7-2-3-10(19)8(4-7)11(20)9-5-15-13-16-6-17-18(13)12(9)14/h2-6,19H,14H2,1H3. The Morgan fingerprint density at radius 2 is 2.10 bits per heavy atom. The molecule has 0 atom stereocenters. The van der Waals surface area contributed by atoms with Crippen molar-refractivity contribution in [3.8, 4) is 5.75 Å². The average Bonchev–Trinajstić information content (AvgIpc) is 2.90. The third kappa shape index (κ3) is 1.76. The van der Waals surface area contributed by atoms with Crippen molar-refractivity contribution < 1.29 is 9.90 Å². The molecule has 0 spiro atoms. The number of aryl methyl sites for hydroxylation is 1. The maximum absolute atomic E-state index is 12.5. The highest BCUT2D eigenvalue weighted by Crippen LogP contribution is 2.23. The number of nitrogens with zero attached hydrogens (tertiary/aromatic N) is 4. The summed E-state index contributed by atoms with van der Waals surface area (Å²) in [4.78, 5) is 20.4.